The van der Waals surface area contributed by atoms with Crippen molar-refractivity contribution < 1.29 is 4.79 Å². The number of urea groups is 1. The van der Waals surface area contributed by atoms with Gasteiger partial charge in [0.1, 0.15) is 0 Å². The van der Waals surface area contributed by atoms with E-state index >= 15 is 0 Å². The van der Waals surface area contributed by atoms with E-state index in [-0.39, 0.29) is 0 Å². The Hall–Kier alpha value is -1.72. The van der Waals surface area contributed by atoms with Crippen molar-refractivity contribution in [2.45, 2.75) is 13.5 Å². The molecule has 0 atom stereocenters. The number of amides is 2. The van der Waals surface area contributed by atoms with Crippen molar-refractivity contribution in [3.63, 3.8) is 0 Å². The molecule has 0 aromatic carbocycles. The Morgan fingerprint density at radius 3 is 3.07 bits per heavy atom. The van der Waals surface area contributed by atoms with Crippen molar-refractivity contribution >= 4 is 12.0 Å². The number of imidazole rings is 1. The molecule has 0 fully saturated rings. The normalized spacial score (nSPS) is 9.79. The summed E-state index contributed by atoms with van der Waals surface area (Å²) >= 11 is 0. The molecule has 0 unspecified atom stereocenters. The number of rotatable bonds is 5. The van der Waals surface area contributed by atoms with Crippen LogP contribution in [0.4, 0.5) is 10.7 Å². The summed E-state index contributed by atoms with van der Waals surface area (Å²) in [5, 5.41) is 5.57. The average Bonchev–Trinajstić information content (AvgIpc) is 2.59. The maximum Gasteiger partial charge on any atom is 0.312 e. The first kappa shape index (κ1) is 10.4. The van der Waals surface area contributed by atoms with Gasteiger partial charge in [-0.3, -0.25) is 0 Å². The second-order valence-electron chi connectivity index (χ2n) is 2.75. The summed E-state index contributed by atoms with van der Waals surface area (Å²) in [6.45, 7) is 4.01. The van der Waals surface area contributed by atoms with Gasteiger partial charge in [-0.15, -0.1) is 0 Å². The Labute approximate surface area is 82.5 Å². The average molecular weight is 197 g/mol. The minimum Gasteiger partial charge on any atom is -0.354 e. The Kier molecular flexibility index (Phi) is 3.78. The van der Waals surface area contributed by atoms with E-state index in [4.69, 9.17) is 5.73 Å². The van der Waals surface area contributed by atoms with E-state index < -0.39 is 6.03 Å². The van der Waals surface area contributed by atoms with E-state index in [2.05, 4.69) is 15.6 Å². The molecule has 4 N–H and O–H groups in total. The summed E-state index contributed by atoms with van der Waals surface area (Å²) in [6, 6.07) is -0.509. The van der Waals surface area contributed by atoms with E-state index in [1.54, 1.807) is 6.20 Å². The SMILES string of the molecule is CCn1ccnc1NCCNC(N)=O. The lowest BCUT2D eigenvalue weighted by Gasteiger charge is -2.07. The topological polar surface area (TPSA) is 85.0 Å². The Morgan fingerprint density at radius 1 is 1.64 bits per heavy atom. The third kappa shape index (κ3) is 2.96. The van der Waals surface area contributed by atoms with Gasteiger partial charge in [-0.25, -0.2) is 9.78 Å². The molecule has 0 bridgehead atoms. The van der Waals surface area contributed by atoms with E-state index in [9.17, 15) is 4.79 Å². The molecule has 0 saturated heterocycles. The van der Waals surface area contributed by atoms with Gasteiger partial charge in [0.15, 0.2) is 0 Å². The molecule has 0 aliphatic heterocycles. The number of primary amides is 1. The highest BCUT2D eigenvalue weighted by Crippen LogP contribution is 2.02. The minimum atomic E-state index is -0.509. The van der Waals surface area contributed by atoms with Gasteiger partial charge < -0.3 is 20.9 Å². The zero-order valence-electron chi connectivity index (χ0n) is 8.16. The predicted molar refractivity (Wildman–Crippen MR) is 54.0 cm³/mol. The molecule has 6 nitrogen and oxygen atoms in total. The van der Waals surface area contributed by atoms with Crippen molar-refractivity contribution in [1.82, 2.24) is 14.9 Å². The van der Waals surface area contributed by atoms with Crippen LogP contribution >= 0.6 is 0 Å². The van der Waals surface area contributed by atoms with Crippen LogP contribution in [0.2, 0.25) is 0 Å². The second kappa shape index (κ2) is 5.11. The second-order valence-corrected chi connectivity index (χ2v) is 2.75. The monoisotopic (exact) mass is 197 g/mol. The van der Waals surface area contributed by atoms with Gasteiger partial charge in [0.05, 0.1) is 0 Å². The fourth-order valence-corrected chi connectivity index (χ4v) is 1.09. The highest BCUT2D eigenvalue weighted by Gasteiger charge is 1.98. The van der Waals surface area contributed by atoms with Gasteiger partial charge in [-0.05, 0) is 6.92 Å². The molecule has 0 aliphatic carbocycles. The summed E-state index contributed by atoms with van der Waals surface area (Å²) in [7, 11) is 0. The molecule has 1 rings (SSSR count). The van der Waals surface area contributed by atoms with E-state index in [0.29, 0.717) is 13.1 Å². The third-order valence-electron chi connectivity index (χ3n) is 1.76. The number of hydrogen-bond donors (Lipinski definition) is 3. The molecule has 1 aromatic rings. The van der Waals surface area contributed by atoms with Crippen LogP contribution in [0.3, 0.4) is 0 Å². The van der Waals surface area contributed by atoms with Crippen molar-refractivity contribution in [3.05, 3.63) is 12.4 Å². The Bertz CT molecular complexity index is 296. The van der Waals surface area contributed by atoms with E-state index in [1.165, 1.54) is 0 Å². The van der Waals surface area contributed by atoms with Gasteiger partial charge in [0.25, 0.3) is 0 Å². The maximum absolute atomic E-state index is 10.3. The molecule has 78 valence electrons. The van der Waals surface area contributed by atoms with E-state index in [0.717, 1.165) is 12.5 Å². The highest BCUT2D eigenvalue weighted by molar-refractivity contribution is 5.71. The van der Waals surface area contributed by atoms with Gasteiger partial charge in [0, 0.05) is 32.0 Å². The quantitative estimate of drug-likeness (QED) is 0.580. The van der Waals surface area contributed by atoms with Crippen LogP contribution in [0.25, 0.3) is 0 Å². The molecular formula is C8H15N5O. The van der Waals surface area contributed by atoms with Crippen molar-refractivity contribution in [3.8, 4) is 0 Å². The fraction of sp³-hybridized carbons (Fsp3) is 0.500. The molecule has 0 saturated carbocycles. The predicted octanol–water partition coefficient (Wildman–Crippen LogP) is -0.0168. The molecule has 0 spiro atoms. The number of aryl methyl sites for hydroxylation is 1. The lowest BCUT2D eigenvalue weighted by molar-refractivity contribution is 0.249. The molecule has 0 aliphatic rings. The Balaban J connectivity index is 2.27. The molecule has 14 heavy (non-hydrogen) atoms. The largest absolute Gasteiger partial charge is 0.354 e. The summed E-state index contributed by atoms with van der Waals surface area (Å²) < 4.78 is 1.98. The van der Waals surface area contributed by atoms with E-state index in [1.807, 2.05) is 17.7 Å². The van der Waals surface area contributed by atoms with Gasteiger partial charge in [-0.2, -0.15) is 0 Å². The maximum atomic E-state index is 10.3. The zero-order chi connectivity index (χ0) is 10.4. The molecule has 1 aromatic heterocycles. The van der Waals surface area contributed by atoms with Gasteiger partial charge in [0.2, 0.25) is 5.95 Å². The van der Waals surface area contributed by atoms with Crippen LogP contribution in [-0.2, 0) is 6.54 Å². The zero-order valence-corrected chi connectivity index (χ0v) is 8.16. The highest BCUT2D eigenvalue weighted by atomic mass is 16.2. The molecule has 1 heterocycles. The number of nitrogens with two attached hydrogens (primary N) is 1. The lowest BCUT2D eigenvalue weighted by atomic mass is 10.6. The summed E-state index contributed by atoms with van der Waals surface area (Å²) in [5.74, 6) is 0.804. The first-order chi connectivity index (χ1) is 6.74. The number of carbonyl (C=O) groups is 1. The van der Waals surface area contributed by atoms with Gasteiger partial charge >= 0.3 is 6.03 Å². The number of nitrogens with zero attached hydrogens (tertiary/aromatic N) is 2. The fourth-order valence-electron chi connectivity index (χ4n) is 1.09. The smallest absolute Gasteiger partial charge is 0.312 e. The summed E-state index contributed by atoms with van der Waals surface area (Å²) in [6.07, 6.45) is 3.62. The number of carbonyl (C=O) groups excluding carboxylic acids is 1. The first-order valence-corrected chi connectivity index (χ1v) is 4.52. The van der Waals surface area contributed by atoms with Crippen LogP contribution in [0.5, 0.6) is 0 Å². The lowest BCUT2D eigenvalue weighted by Crippen LogP contribution is -2.33. The van der Waals surface area contributed by atoms with Crippen LogP contribution in [0.1, 0.15) is 6.92 Å². The van der Waals surface area contributed by atoms with Crippen molar-refractivity contribution in [2.75, 3.05) is 18.4 Å². The minimum absolute atomic E-state index is 0.492. The standard InChI is InChI=1S/C8H15N5O/c1-2-13-6-5-12-8(13)11-4-3-10-7(9)14/h5-6H,2-4H2,1H3,(H,11,12)(H3,9,10,14). The third-order valence-corrected chi connectivity index (χ3v) is 1.76. The molecule has 6 heteroatoms. The number of nitrogens with one attached hydrogen (secondary N) is 2. The van der Waals surface area contributed by atoms with Crippen LogP contribution in [0, 0.1) is 0 Å². The first-order valence-electron chi connectivity index (χ1n) is 4.52. The summed E-state index contributed by atoms with van der Waals surface area (Å²) in [4.78, 5) is 14.5. The van der Waals surface area contributed by atoms with Crippen molar-refractivity contribution in [2.24, 2.45) is 5.73 Å². The van der Waals surface area contributed by atoms with Crippen LogP contribution in [0.15, 0.2) is 12.4 Å². The number of aromatic nitrogens is 2. The number of anilines is 1. The molecular weight excluding hydrogens is 182 g/mol. The van der Waals surface area contributed by atoms with Gasteiger partial charge in [-0.1, -0.05) is 0 Å². The molecule has 0 radical (unpaired) electrons. The summed E-state index contributed by atoms with van der Waals surface area (Å²) in [5.41, 5.74) is 4.91. The van der Waals surface area contributed by atoms with Crippen molar-refractivity contribution in [1.29, 1.82) is 0 Å². The molecule has 2 amide bonds. The van der Waals surface area contributed by atoms with Crippen LogP contribution in [-0.4, -0.2) is 28.7 Å². The van der Waals surface area contributed by atoms with Crippen LogP contribution < -0.4 is 16.4 Å². The Morgan fingerprint density at radius 2 is 2.43 bits per heavy atom. The number of hydrogen-bond acceptors (Lipinski definition) is 3.